The number of ether oxygens (including phenoxy) is 1. The van der Waals surface area contributed by atoms with Crippen molar-refractivity contribution in [2.45, 2.75) is 38.9 Å². The number of rotatable bonds is 4. The summed E-state index contributed by atoms with van der Waals surface area (Å²) in [5.74, 6) is 2.36. The number of halogens is 1. The molecule has 0 radical (unpaired) electrons. The van der Waals surface area contributed by atoms with Crippen LogP contribution in [0.5, 0.6) is 11.5 Å². The molecule has 0 aliphatic rings. The third-order valence-corrected chi connectivity index (χ3v) is 4.06. The van der Waals surface area contributed by atoms with Crippen molar-refractivity contribution in [2.24, 2.45) is 0 Å². The third-order valence-electron chi connectivity index (χ3n) is 3.45. The summed E-state index contributed by atoms with van der Waals surface area (Å²) in [6, 6.07) is 12.6. The minimum atomic E-state index is 0.543. The molecule has 1 nitrogen and oxygen atoms in total. The molecule has 0 amide bonds. The first-order valence-corrected chi connectivity index (χ1v) is 8.07. The SMILES string of the molecule is Cc1ccc(Oc2ccc(C(C)C)c(C)c2)c(CBr)c1. The monoisotopic (exact) mass is 332 g/mol. The molecule has 0 atom stereocenters. The first-order chi connectivity index (χ1) is 9.51. The van der Waals surface area contributed by atoms with Gasteiger partial charge in [-0.3, -0.25) is 0 Å². The van der Waals surface area contributed by atoms with Gasteiger partial charge in [0.05, 0.1) is 0 Å². The smallest absolute Gasteiger partial charge is 0.131 e. The molecular formula is C18H21BrO. The van der Waals surface area contributed by atoms with Crippen LogP contribution in [0, 0.1) is 13.8 Å². The van der Waals surface area contributed by atoms with E-state index in [0.29, 0.717) is 5.92 Å². The minimum Gasteiger partial charge on any atom is -0.457 e. The standard InChI is InChI=1S/C18H21BrO/c1-12(2)17-7-6-16(10-14(17)4)20-18-8-5-13(3)9-15(18)11-19/h5-10,12H,11H2,1-4H3. The van der Waals surface area contributed by atoms with Crippen molar-refractivity contribution in [3.8, 4) is 11.5 Å². The summed E-state index contributed by atoms with van der Waals surface area (Å²) in [7, 11) is 0. The Kier molecular flexibility index (Phi) is 4.87. The van der Waals surface area contributed by atoms with E-state index in [1.165, 1.54) is 22.3 Å². The van der Waals surface area contributed by atoms with Gasteiger partial charge in [-0.1, -0.05) is 53.5 Å². The molecule has 0 saturated heterocycles. The van der Waals surface area contributed by atoms with Gasteiger partial charge in [-0.25, -0.2) is 0 Å². The molecule has 0 saturated carbocycles. The van der Waals surface area contributed by atoms with Crippen LogP contribution in [-0.4, -0.2) is 0 Å². The molecule has 2 aromatic carbocycles. The maximum absolute atomic E-state index is 6.04. The summed E-state index contributed by atoms with van der Waals surface area (Å²) in [5.41, 5.74) is 5.08. The van der Waals surface area contributed by atoms with Gasteiger partial charge in [-0.15, -0.1) is 0 Å². The molecule has 2 heteroatoms. The van der Waals surface area contributed by atoms with E-state index < -0.39 is 0 Å². The Hall–Kier alpha value is -1.28. The lowest BCUT2D eigenvalue weighted by molar-refractivity contribution is 0.477. The van der Waals surface area contributed by atoms with Crippen molar-refractivity contribution in [3.05, 3.63) is 58.7 Å². The number of alkyl halides is 1. The van der Waals surface area contributed by atoms with E-state index in [1.807, 2.05) is 6.07 Å². The molecule has 0 bridgehead atoms. The summed E-state index contributed by atoms with van der Waals surface area (Å²) >= 11 is 3.52. The molecule has 0 spiro atoms. The lowest BCUT2D eigenvalue weighted by atomic mass is 9.98. The average molecular weight is 333 g/mol. The largest absolute Gasteiger partial charge is 0.457 e. The van der Waals surface area contributed by atoms with Crippen molar-refractivity contribution in [2.75, 3.05) is 0 Å². The van der Waals surface area contributed by atoms with Gasteiger partial charge in [0.25, 0.3) is 0 Å². The van der Waals surface area contributed by atoms with Crippen LogP contribution in [0.2, 0.25) is 0 Å². The number of hydrogen-bond donors (Lipinski definition) is 0. The Balaban J connectivity index is 2.28. The highest BCUT2D eigenvalue weighted by Gasteiger charge is 2.08. The Morgan fingerprint density at radius 1 is 1.05 bits per heavy atom. The van der Waals surface area contributed by atoms with Crippen molar-refractivity contribution in [3.63, 3.8) is 0 Å². The van der Waals surface area contributed by atoms with Crippen LogP contribution in [0.4, 0.5) is 0 Å². The van der Waals surface area contributed by atoms with Crippen molar-refractivity contribution >= 4 is 15.9 Å². The normalized spacial score (nSPS) is 10.9. The van der Waals surface area contributed by atoms with Crippen LogP contribution in [0.15, 0.2) is 36.4 Å². The Bertz CT molecular complexity index is 602. The molecule has 106 valence electrons. The first kappa shape index (κ1) is 15.1. The van der Waals surface area contributed by atoms with E-state index in [-0.39, 0.29) is 0 Å². The molecule has 0 unspecified atom stereocenters. The number of hydrogen-bond acceptors (Lipinski definition) is 1. The van der Waals surface area contributed by atoms with Gasteiger partial charge in [0, 0.05) is 10.9 Å². The van der Waals surface area contributed by atoms with Crippen molar-refractivity contribution < 1.29 is 4.74 Å². The average Bonchev–Trinajstić information content (AvgIpc) is 2.40. The van der Waals surface area contributed by atoms with Crippen molar-refractivity contribution in [1.82, 2.24) is 0 Å². The van der Waals surface area contributed by atoms with E-state index >= 15 is 0 Å². The van der Waals surface area contributed by atoms with E-state index in [1.54, 1.807) is 0 Å². The minimum absolute atomic E-state index is 0.543. The Morgan fingerprint density at radius 3 is 2.40 bits per heavy atom. The second-order valence-corrected chi connectivity index (χ2v) is 6.08. The predicted octanol–water partition coefficient (Wildman–Crippen LogP) is 6.11. The van der Waals surface area contributed by atoms with Crippen LogP contribution in [0.3, 0.4) is 0 Å². The van der Waals surface area contributed by atoms with Gasteiger partial charge in [-0.05, 0) is 49.1 Å². The molecule has 0 aliphatic heterocycles. The fourth-order valence-corrected chi connectivity index (χ4v) is 2.84. The lowest BCUT2D eigenvalue weighted by Crippen LogP contribution is -1.94. The van der Waals surface area contributed by atoms with Gasteiger partial charge in [0.15, 0.2) is 0 Å². The fourth-order valence-electron chi connectivity index (χ4n) is 2.40. The van der Waals surface area contributed by atoms with Crippen LogP contribution in [-0.2, 0) is 5.33 Å². The van der Waals surface area contributed by atoms with Gasteiger partial charge in [0.2, 0.25) is 0 Å². The zero-order chi connectivity index (χ0) is 14.7. The van der Waals surface area contributed by atoms with Gasteiger partial charge in [-0.2, -0.15) is 0 Å². The van der Waals surface area contributed by atoms with Gasteiger partial charge < -0.3 is 4.74 Å². The van der Waals surface area contributed by atoms with Gasteiger partial charge >= 0.3 is 0 Å². The van der Waals surface area contributed by atoms with E-state index in [2.05, 4.69) is 74.0 Å². The van der Waals surface area contributed by atoms with Crippen molar-refractivity contribution in [1.29, 1.82) is 0 Å². The Morgan fingerprint density at radius 2 is 1.80 bits per heavy atom. The van der Waals surface area contributed by atoms with E-state index in [9.17, 15) is 0 Å². The van der Waals surface area contributed by atoms with Gasteiger partial charge in [0.1, 0.15) is 11.5 Å². The topological polar surface area (TPSA) is 9.23 Å². The molecule has 20 heavy (non-hydrogen) atoms. The first-order valence-electron chi connectivity index (χ1n) is 6.95. The zero-order valence-electron chi connectivity index (χ0n) is 12.5. The lowest BCUT2D eigenvalue weighted by Gasteiger charge is -2.14. The molecular weight excluding hydrogens is 312 g/mol. The quantitative estimate of drug-likeness (QED) is 0.613. The van der Waals surface area contributed by atoms with Crippen LogP contribution in [0.1, 0.15) is 42.0 Å². The highest BCUT2D eigenvalue weighted by atomic mass is 79.9. The molecule has 0 aliphatic carbocycles. The highest BCUT2D eigenvalue weighted by molar-refractivity contribution is 9.08. The predicted molar refractivity (Wildman–Crippen MR) is 89.2 cm³/mol. The van der Waals surface area contributed by atoms with E-state index in [0.717, 1.165) is 16.8 Å². The number of aryl methyl sites for hydroxylation is 2. The molecule has 0 aromatic heterocycles. The summed E-state index contributed by atoms with van der Waals surface area (Å²) in [6.45, 7) is 8.66. The van der Waals surface area contributed by atoms with E-state index in [4.69, 9.17) is 4.74 Å². The Labute approximate surface area is 130 Å². The number of benzene rings is 2. The molecule has 0 heterocycles. The maximum atomic E-state index is 6.04. The molecule has 0 N–H and O–H groups in total. The highest BCUT2D eigenvalue weighted by Crippen LogP contribution is 2.30. The maximum Gasteiger partial charge on any atom is 0.131 e. The van der Waals surface area contributed by atoms with Crippen LogP contribution in [0.25, 0.3) is 0 Å². The third kappa shape index (κ3) is 3.43. The summed E-state index contributed by atoms with van der Waals surface area (Å²) in [6.07, 6.45) is 0. The summed E-state index contributed by atoms with van der Waals surface area (Å²) < 4.78 is 6.04. The molecule has 0 fully saturated rings. The second-order valence-electron chi connectivity index (χ2n) is 5.52. The molecule has 2 aromatic rings. The summed E-state index contributed by atoms with van der Waals surface area (Å²) in [5, 5.41) is 0.799. The van der Waals surface area contributed by atoms with Crippen LogP contribution >= 0.6 is 15.9 Å². The molecule has 2 rings (SSSR count). The zero-order valence-corrected chi connectivity index (χ0v) is 14.1. The summed E-state index contributed by atoms with van der Waals surface area (Å²) in [4.78, 5) is 0. The second kappa shape index (κ2) is 6.45. The van der Waals surface area contributed by atoms with Crippen LogP contribution < -0.4 is 4.74 Å². The fraction of sp³-hybridized carbons (Fsp3) is 0.333.